The third-order valence-electron chi connectivity index (χ3n) is 1.73. The molecule has 8 heteroatoms. The number of primary amides is 1. The van der Waals surface area contributed by atoms with E-state index in [1.54, 1.807) is 5.32 Å². The minimum Gasteiger partial charge on any atom is -0.351 e. The van der Waals surface area contributed by atoms with E-state index >= 15 is 0 Å². The lowest BCUT2D eigenvalue weighted by Gasteiger charge is -2.20. The van der Waals surface area contributed by atoms with Crippen molar-refractivity contribution in [2.24, 2.45) is 11.5 Å². The van der Waals surface area contributed by atoms with Gasteiger partial charge >= 0.3 is 6.03 Å². The van der Waals surface area contributed by atoms with E-state index in [9.17, 15) is 18.0 Å². The Morgan fingerprint density at radius 3 is 2.12 bits per heavy atom. The Bertz CT molecular complexity index is 383. The topological polar surface area (TPSA) is 132 Å². The van der Waals surface area contributed by atoms with Crippen LogP contribution in [-0.2, 0) is 14.6 Å². The van der Waals surface area contributed by atoms with Crippen LogP contribution in [0.25, 0.3) is 0 Å². The van der Waals surface area contributed by atoms with Crippen LogP contribution in [0, 0.1) is 0 Å². The third kappa shape index (κ3) is 5.08. The van der Waals surface area contributed by atoms with Gasteiger partial charge in [0, 0.05) is 5.54 Å². The van der Waals surface area contributed by atoms with Gasteiger partial charge < -0.3 is 11.5 Å². The molecule has 16 heavy (non-hydrogen) atoms. The molecular weight excluding hydrogens is 234 g/mol. The summed E-state index contributed by atoms with van der Waals surface area (Å²) in [6.45, 7) is 4.24. The van der Waals surface area contributed by atoms with Crippen LogP contribution < -0.4 is 16.8 Å². The van der Waals surface area contributed by atoms with E-state index in [2.05, 4.69) is 0 Å². The van der Waals surface area contributed by atoms with E-state index in [1.165, 1.54) is 20.8 Å². The molecule has 3 amide bonds. The highest BCUT2D eigenvalue weighted by Crippen LogP contribution is 2.09. The van der Waals surface area contributed by atoms with E-state index in [0.29, 0.717) is 0 Å². The molecule has 0 saturated carbocycles. The molecule has 0 aromatic carbocycles. The lowest BCUT2D eigenvalue weighted by Crippen LogP contribution is -2.48. The van der Waals surface area contributed by atoms with Crippen molar-refractivity contribution in [3.05, 3.63) is 0 Å². The molecule has 0 fully saturated rings. The molecule has 0 spiro atoms. The summed E-state index contributed by atoms with van der Waals surface area (Å²) in [6.07, 6.45) is 0. The second-order valence-electron chi connectivity index (χ2n) is 4.29. The molecule has 1 atom stereocenters. The molecule has 0 aliphatic heterocycles. The van der Waals surface area contributed by atoms with Gasteiger partial charge in [0.25, 0.3) is 0 Å². The minimum atomic E-state index is -3.71. The van der Waals surface area contributed by atoms with Gasteiger partial charge in [-0.2, -0.15) is 0 Å². The number of carbonyl (C=O) groups is 2. The number of nitrogens with one attached hydrogen (secondary N) is 1. The molecule has 1 unspecified atom stereocenters. The van der Waals surface area contributed by atoms with Gasteiger partial charge in [0.1, 0.15) is 5.25 Å². The Labute approximate surface area is 94.5 Å². The normalized spacial score (nSPS) is 14.2. The lowest BCUT2D eigenvalue weighted by molar-refractivity contribution is -0.119. The molecule has 7 nitrogen and oxygen atoms in total. The van der Waals surface area contributed by atoms with Crippen molar-refractivity contribution in [3.8, 4) is 0 Å². The van der Waals surface area contributed by atoms with Crippen LogP contribution in [0.3, 0.4) is 0 Å². The standard InChI is InChI=1S/C8H17N3O4S/c1-5(6(12)11-7(9)13)16(14,15)4-8(2,3)10/h5H,4,10H2,1-3H3,(H3,9,11,12,13). The number of imide groups is 1. The first-order chi connectivity index (χ1) is 6.96. The van der Waals surface area contributed by atoms with Gasteiger partial charge in [0.15, 0.2) is 9.84 Å². The summed E-state index contributed by atoms with van der Waals surface area (Å²) in [7, 11) is -3.71. The molecule has 0 bridgehead atoms. The molecule has 0 rings (SSSR count). The quantitative estimate of drug-likeness (QED) is 0.572. The van der Waals surface area contributed by atoms with Gasteiger partial charge in [-0.3, -0.25) is 10.1 Å². The number of nitrogens with two attached hydrogens (primary N) is 2. The van der Waals surface area contributed by atoms with E-state index in [4.69, 9.17) is 11.5 Å². The third-order valence-corrected chi connectivity index (χ3v) is 4.17. The first-order valence-corrected chi connectivity index (χ1v) is 6.28. The fraction of sp³-hybridized carbons (Fsp3) is 0.750. The van der Waals surface area contributed by atoms with Crippen LogP contribution in [0.5, 0.6) is 0 Å². The Hall–Kier alpha value is -1.15. The van der Waals surface area contributed by atoms with Crippen molar-refractivity contribution >= 4 is 21.8 Å². The molecule has 0 heterocycles. The van der Waals surface area contributed by atoms with Crippen molar-refractivity contribution in [1.82, 2.24) is 5.32 Å². The number of carbonyl (C=O) groups excluding carboxylic acids is 2. The van der Waals surface area contributed by atoms with Crippen LogP contribution in [0.15, 0.2) is 0 Å². The van der Waals surface area contributed by atoms with E-state index in [-0.39, 0.29) is 5.75 Å². The number of rotatable bonds is 4. The van der Waals surface area contributed by atoms with Gasteiger partial charge in [0.05, 0.1) is 5.75 Å². The number of amides is 3. The smallest absolute Gasteiger partial charge is 0.318 e. The average molecular weight is 251 g/mol. The monoisotopic (exact) mass is 251 g/mol. The van der Waals surface area contributed by atoms with E-state index in [0.717, 1.165) is 0 Å². The molecule has 0 aliphatic rings. The van der Waals surface area contributed by atoms with Crippen molar-refractivity contribution in [2.45, 2.75) is 31.6 Å². The van der Waals surface area contributed by atoms with Crippen LogP contribution in [0.2, 0.25) is 0 Å². The van der Waals surface area contributed by atoms with Crippen molar-refractivity contribution < 1.29 is 18.0 Å². The summed E-state index contributed by atoms with van der Waals surface area (Å²) < 4.78 is 23.4. The largest absolute Gasteiger partial charge is 0.351 e. The summed E-state index contributed by atoms with van der Waals surface area (Å²) in [5, 5.41) is 0.356. The molecule has 0 saturated heterocycles. The van der Waals surface area contributed by atoms with Crippen molar-refractivity contribution in [3.63, 3.8) is 0 Å². The Balaban J connectivity index is 4.78. The first kappa shape index (κ1) is 14.8. The second kappa shape index (κ2) is 4.79. The van der Waals surface area contributed by atoms with E-state index in [1.807, 2.05) is 0 Å². The molecule has 0 aliphatic carbocycles. The fourth-order valence-corrected chi connectivity index (χ4v) is 2.70. The SMILES string of the molecule is CC(C(=O)NC(N)=O)S(=O)(=O)CC(C)(C)N. The summed E-state index contributed by atoms with van der Waals surface area (Å²) in [5.74, 6) is -1.30. The first-order valence-electron chi connectivity index (χ1n) is 4.56. The summed E-state index contributed by atoms with van der Waals surface area (Å²) in [4.78, 5) is 21.7. The number of hydrogen-bond donors (Lipinski definition) is 3. The zero-order valence-corrected chi connectivity index (χ0v) is 10.3. The Morgan fingerprint density at radius 1 is 1.38 bits per heavy atom. The Kier molecular flexibility index (Phi) is 4.45. The molecular formula is C8H17N3O4S. The summed E-state index contributed by atoms with van der Waals surface area (Å²) in [5.41, 5.74) is 9.33. The number of sulfone groups is 1. The van der Waals surface area contributed by atoms with Crippen LogP contribution in [0.4, 0.5) is 4.79 Å². The summed E-state index contributed by atoms with van der Waals surface area (Å²) >= 11 is 0. The van der Waals surface area contributed by atoms with E-state index < -0.39 is 32.6 Å². The predicted octanol–water partition coefficient (Wildman–Crippen LogP) is -1.28. The average Bonchev–Trinajstić information content (AvgIpc) is 1.96. The van der Waals surface area contributed by atoms with Gasteiger partial charge in [0.2, 0.25) is 5.91 Å². The lowest BCUT2D eigenvalue weighted by atomic mass is 10.1. The Morgan fingerprint density at radius 2 is 1.81 bits per heavy atom. The summed E-state index contributed by atoms with van der Waals surface area (Å²) in [6, 6.07) is -1.08. The molecule has 0 aromatic rings. The maximum atomic E-state index is 11.7. The highest BCUT2D eigenvalue weighted by atomic mass is 32.2. The molecule has 0 radical (unpaired) electrons. The number of urea groups is 1. The maximum Gasteiger partial charge on any atom is 0.318 e. The maximum absolute atomic E-state index is 11.7. The van der Waals surface area contributed by atoms with Crippen LogP contribution in [-0.4, -0.2) is 36.9 Å². The zero-order valence-electron chi connectivity index (χ0n) is 9.48. The number of hydrogen-bond acceptors (Lipinski definition) is 5. The molecule has 0 aromatic heterocycles. The van der Waals surface area contributed by atoms with Gasteiger partial charge in [-0.05, 0) is 20.8 Å². The minimum absolute atomic E-state index is 0.354. The second-order valence-corrected chi connectivity index (χ2v) is 6.61. The molecule has 5 N–H and O–H groups in total. The highest BCUT2D eigenvalue weighted by Gasteiger charge is 2.32. The van der Waals surface area contributed by atoms with Gasteiger partial charge in [-0.15, -0.1) is 0 Å². The fourth-order valence-electron chi connectivity index (χ4n) is 1.03. The zero-order chi connectivity index (χ0) is 13.1. The van der Waals surface area contributed by atoms with Crippen LogP contribution >= 0.6 is 0 Å². The molecule has 94 valence electrons. The van der Waals surface area contributed by atoms with Crippen molar-refractivity contribution in [2.75, 3.05) is 5.75 Å². The van der Waals surface area contributed by atoms with Gasteiger partial charge in [-0.25, -0.2) is 13.2 Å². The predicted molar refractivity (Wildman–Crippen MR) is 59.2 cm³/mol. The van der Waals surface area contributed by atoms with Gasteiger partial charge in [-0.1, -0.05) is 0 Å². The van der Waals surface area contributed by atoms with Crippen LogP contribution in [0.1, 0.15) is 20.8 Å². The van der Waals surface area contributed by atoms with Crippen molar-refractivity contribution in [1.29, 1.82) is 0 Å². The highest BCUT2D eigenvalue weighted by molar-refractivity contribution is 7.92.